The maximum Gasteiger partial charge on any atom is 0.307 e. The molecule has 0 aliphatic carbocycles. The number of halogens is 1. The number of fused-ring (bicyclic) bond motifs is 3. The SMILES string of the molecule is CNC(=O)C(c1ccc(F)cc1)C(C)C.O=C(O)Cc1c2n(c3ncccc13)CCCC2. The minimum atomic E-state index is -0.769. The molecular formula is C25H30FN3O3. The first kappa shape index (κ1) is 23.4. The molecule has 0 fully saturated rings. The van der Waals surface area contributed by atoms with Crippen molar-refractivity contribution in [3.8, 4) is 0 Å². The number of pyridine rings is 1. The molecule has 1 aliphatic rings. The van der Waals surface area contributed by atoms with Gasteiger partial charge in [-0.1, -0.05) is 26.0 Å². The van der Waals surface area contributed by atoms with Crippen molar-refractivity contribution in [2.75, 3.05) is 7.05 Å². The van der Waals surface area contributed by atoms with Crippen LogP contribution in [0.3, 0.4) is 0 Å². The van der Waals surface area contributed by atoms with E-state index in [0.29, 0.717) is 0 Å². The number of aliphatic carboxylic acids is 1. The molecule has 32 heavy (non-hydrogen) atoms. The fraction of sp³-hybridized carbons (Fsp3) is 0.400. The van der Waals surface area contributed by atoms with Gasteiger partial charge in [0, 0.05) is 30.9 Å². The Morgan fingerprint density at radius 2 is 1.91 bits per heavy atom. The van der Waals surface area contributed by atoms with Crippen LogP contribution in [0.4, 0.5) is 4.39 Å². The molecule has 1 atom stereocenters. The van der Waals surface area contributed by atoms with E-state index in [-0.39, 0.29) is 30.0 Å². The van der Waals surface area contributed by atoms with Crippen molar-refractivity contribution in [3.63, 3.8) is 0 Å². The number of benzene rings is 1. The lowest BCUT2D eigenvalue weighted by Crippen LogP contribution is -2.29. The van der Waals surface area contributed by atoms with E-state index < -0.39 is 5.97 Å². The van der Waals surface area contributed by atoms with Crippen LogP contribution in [0.25, 0.3) is 11.0 Å². The highest BCUT2D eigenvalue weighted by molar-refractivity contribution is 5.86. The van der Waals surface area contributed by atoms with E-state index >= 15 is 0 Å². The van der Waals surface area contributed by atoms with Crippen LogP contribution in [0.5, 0.6) is 0 Å². The molecule has 0 saturated heterocycles. The molecule has 3 aromatic rings. The fourth-order valence-corrected chi connectivity index (χ4v) is 4.40. The summed E-state index contributed by atoms with van der Waals surface area (Å²) in [7, 11) is 1.61. The largest absolute Gasteiger partial charge is 0.481 e. The predicted molar refractivity (Wildman–Crippen MR) is 122 cm³/mol. The number of carbonyl (C=O) groups is 2. The number of amides is 1. The molecule has 2 aromatic heterocycles. The Morgan fingerprint density at radius 1 is 1.19 bits per heavy atom. The van der Waals surface area contributed by atoms with E-state index in [1.165, 1.54) is 17.8 Å². The van der Waals surface area contributed by atoms with Crippen LogP contribution in [-0.2, 0) is 29.0 Å². The van der Waals surface area contributed by atoms with Crippen LogP contribution >= 0.6 is 0 Å². The topological polar surface area (TPSA) is 84.2 Å². The number of hydrogen-bond acceptors (Lipinski definition) is 3. The molecule has 6 nitrogen and oxygen atoms in total. The molecule has 1 aliphatic heterocycles. The number of nitrogens with zero attached hydrogens (tertiary/aromatic N) is 2. The molecular weight excluding hydrogens is 409 g/mol. The number of hydrogen-bond donors (Lipinski definition) is 2. The Morgan fingerprint density at radius 3 is 2.53 bits per heavy atom. The molecule has 0 radical (unpaired) electrons. The van der Waals surface area contributed by atoms with Crippen molar-refractivity contribution in [2.24, 2.45) is 5.92 Å². The minimum absolute atomic E-state index is 0.0309. The van der Waals surface area contributed by atoms with Gasteiger partial charge in [0.25, 0.3) is 0 Å². The van der Waals surface area contributed by atoms with Crippen molar-refractivity contribution in [3.05, 3.63) is 65.2 Å². The zero-order valence-electron chi connectivity index (χ0n) is 18.8. The second-order valence-electron chi connectivity index (χ2n) is 8.37. The highest BCUT2D eigenvalue weighted by Crippen LogP contribution is 2.30. The second-order valence-corrected chi connectivity index (χ2v) is 8.37. The van der Waals surface area contributed by atoms with Crippen LogP contribution in [0.2, 0.25) is 0 Å². The number of carboxylic acids is 1. The van der Waals surface area contributed by atoms with Crippen molar-refractivity contribution in [1.82, 2.24) is 14.9 Å². The standard InChI is InChI=1S/C13H14N2O2.C12H16FNO/c16-12(17)8-10-9-4-3-6-14-13(9)15-7-2-1-5-11(10)15;1-8(2)11(12(15)14-3)9-4-6-10(13)7-5-9/h3-4,6H,1-2,5,7-8H2,(H,16,17);4-8,11H,1-3H3,(H,14,15). The average Bonchev–Trinajstić information content (AvgIpc) is 3.09. The Labute approximate surface area is 187 Å². The van der Waals surface area contributed by atoms with Gasteiger partial charge in [-0.15, -0.1) is 0 Å². The van der Waals surface area contributed by atoms with Gasteiger partial charge in [0.05, 0.1) is 12.3 Å². The summed E-state index contributed by atoms with van der Waals surface area (Å²) >= 11 is 0. The third-order valence-electron chi connectivity index (χ3n) is 5.84. The summed E-state index contributed by atoms with van der Waals surface area (Å²) in [4.78, 5) is 27.0. The van der Waals surface area contributed by atoms with Crippen LogP contribution in [0.15, 0.2) is 42.6 Å². The summed E-state index contributed by atoms with van der Waals surface area (Å²) in [5, 5.41) is 12.6. The summed E-state index contributed by atoms with van der Waals surface area (Å²) in [6.07, 6.45) is 5.14. The van der Waals surface area contributed by atoms with Gasteiger partial charge in [-0.2, -0.15) is 0 Å². The first-order valence-corrected chi connectivity index (χ1v) is 11.0. The number of carbonyl (C=O) groups excluding carboxylic acids is 1. The smallest absolute Gasteiger partial charge is 0.307 e. The van der Waals surface area contributed by atoms with Gasteiger partial charge in [-0.3, -0.25) is 9.59 Å². The van der Waals surface area contributed by atoms with Gasteiger partial charge in [0.1, 0.15) is 11.5 Å². The van der Waals surface area contributed by atoms with E-state index in [1.54, 1.807) is 25.4 Å². The molecule has 7 heteroatoms. The quantitative estimate of drug-likeness (QED) is 0.620. The van der Waals surface area contributed by atoms with Crippen LogP contribution in [-0.4, -0.2) is 33.6 Å². The van der Waals surface area contributed by atoms with Crippen molar-refractivity contribution < 1.29 is 19.1 Å². The van der Waals surface area contributed by atoms with E-state index in [2.05, 4.69) is 14.9 Å². The number of carboxylic acid groups (broad SMARTS) is 1. The molecule has 1 unspecified atom stereocenters. The Bertz CT molecular complexity index is 1090. The molecule has 1 amide bonds. The van der Waals surface area contributed by atoms with Gasteiger partial charge in [0.15, 0.2) is 0 Å². The number of aryl methyl sites for hydroxylation is 1. The van der Waals surface area contributed by atoms with Crippen LogP contribution in [0.1, 0.15) is 49.4 Å². The lowest BCUT2D eigenvalue weighted by Gasteiger charge is -2.19. The second kappa shape index (κ2) is 10.4. The molecule has 0 bridgehead atoms. The summed E-state index contributed by atoms with van der Waals surface area (Å²) < 4.78 is 14.9. The summed E-state index contributed by atoms with van der Waals surface area (Å²) in [6.45, 7) is 4.91. The third-order valence-corrected chi connectivity index (χ3v) is 5.84. The van der Waals surface area contributed by atoms with Gasteiger partial charge in [-0.25, -0.2) is 9.37 Å². The maximum absolute atomic E-state index is 12.7. The Hall–Kier alpha value is -3.22. The first-order chi connectivity index (χ1) is 15.3. The van der Waals surface area contributed by atoms with Gasteiger partial charge in [0.2, 0.25) is 5.91 Å². The van der Waals surface area contributed by atoms with Gasteiger partial charge < -0.3 is 15.0 Å². The summed E-state index contributed by atoms with van der Waals surface area (Å²) in [6, 6.07) is 9.94. The van der Waals surface area contributed by atoms with Crippen molar-refractivity contribution in [1.29, 1.82) is 0 Å². The number of nitrogens with one attached hydrogen (secondary N) is 1. The van der Waals surface area contributed by atoms with Crippen LogP contribution < -0.4 is 5.32 Å². The molecule has 0 saturated carbocycles. The van der Waals surface area contributed by atoms with Crippen molar-refractivity contribution in [2.45, 2.75) is 52.0 Å². The highest BCUT2D eigenvalue weighted by Gasteiger charge is 2.23. The monoisotopic (exact) mass is 439 g/mol. The summed E-state index contributed by atoms with van der Waals surface area (Å²) in [5.74, 6) is -1.10. The molecule has 3 heterocycles. The molecule has 0 spiro atoms. The molecule has 4 rings (SSSR count). The van der Waals surface area contributed by atoms with E-state index in [1.807, 2.05) is 26.0 Å². The average molecular weight is 440 g/mol. The normalized spacial score (nSPS) is 13.8. The van der Waals surface area contributed by atoms with Gasteiger partial charge in [-0.05, 0) is 60.6 Å². The molecule has 2 N–H and O–H groups in total. The Balaban J connectivity index is 0.000000183. The highest BCUT2D eigenvalue weighted by atomic mass is 19.1. The van der Waals surface area contributed by atoms with E-state index in [4.69, 9.17) is 5.11 Å². The maximum atomic E-state index is 12.7. The Kier molecular flexibility index (Phi) is 7.62. The number of aromatic nitrogens is 2. The van der Waals surface area contributed by atoms with Crippen LogP contribution in [0, 0.1) is 11.7 Å². The lowest BCUT2D eigenvalue weighted by atomic mass is 9.88. The third kappa shape index (κ3) is 5.15. The predicted octanol–water partition coefficient (Wildman–Crippen LogP) is 4.31. The zero-order valence-corrected chi connectivity index (χ0v) is 18.8. The number of likely N-dealkylation sites (N-methyl/N-ethyl adjacent to an activating group) is 1. The summed E-state index contributed by atoms with van der Waals surface area (Å²) in [5.41, 5.74) is 3.93. The van der Waals surface area contributed by atoms with E-state index in [9.17, 15) is 14.0 Å². The zero-order chi connectivity index (χ0) is 23.3. The van der Waals surface area contributed by atoms with E-state index in [0.717, 1.165) is 48.0 Å². The van der Waals surface area contributed by atoms with Gasteiger partial charge >= 0.3 is 5.97 Å². The first-order valence-electron chi connectivity index (χ1n) is 11.0. The van der Waals surface area contributed by atoms with Crippen molar-refractivity contribution >= 4 is 22.9 Å². The lowest BCUT2D eigenvalue weighted by molar-refractivity contribution is -0.136. The number of rotatable bonds is 5. The minimum Gasteiger partial charge on any atom is -0.481 e. The molecule has 1 aromatic carbocycles. The fourth-order valence-electron chi connectivity index (χ4n) is 4.40. The molecule has 170 valence electrons.